The minimum absolute atomic E-state index is 0.264. The molecule has 0 spiro atoms. The number of aliphatic hydroxyl groups is 1. The lowest BCUT2D eigenvalue weighted by molar-refractivity contribution is 0.154. The summed E-state index contributed by atoms with van der Waals surface area (Å²) in [5, 5.41) is 14.1. The number of aromatic nitrogens is 4. The van der Waals surface area contributed by atoms with Gasteiger partial charge in [-0.25, -0.2) is 4.98 Å². The van der Waals surface area contributed by atoms with Gasteiger partial charge in [-0.05, 0) is 25.8 Å². The molecule has 1 aliphatic rings. The highest BCUT2D eigenvalue weighted by Crippen LogP contribution is 2.20. The first-order chi connectivity index (χ1) is 11.2. The number of aliphatic hydroxyl groups excluding tert-OH is 1. The maximum Gasteiger partial charge on any atom is 0.227 e. The van der Waals surface area contributed by atoms with Crippen molar-refractivity contribution in [3.8, 4) is 0 Å². The van der Waals surface area contributed by atoms with Crippen molar-refractivity contribution in [3.63, 3.8) is 0 Å². The Balaban J connectivity index is 1.70. The molecule has 1 saturated heterocycles. The smallest absolute Gasteiger partial charge is 0.227 e. The predicted octanol–water partition coefficient (Wildman–Crippen LogP) is 1.29. The number of hydrogen-bond donors (Lipinski definition) is 1. The average molecular weight is 316 g/mol. The molecule has 0 saturated carbocycles. The number of β-amino-alcohol motifs (C(OH)–C–C–N with tert-alkyl or cyclic N) is 1. The lowest BCUT2D eigenvalue weighted by atomic mass is 10.1. The molecule has 7 heteroatoms. The van der Waals surface area contributed by atoms with Crippen LogP contribution in [-0.2, 0) is 13.1 Å². The Morgan fingerprint density at radius 2 is 2.30 bits per heavy atom. The molecule has 124 valence electrons. The summed E-state index contributed by atoms with van der Waals surface area (Å²) in [6.07, 6.45) is 7.30. The Morgan fingerprint density at radius 1 is 1.43 bits per heavy atom. The van der Waals surface area contributed by atoms with E-state index in [-0.39, 0.29) is 6.10 Å². The van der Waals surface area contributed by atoms with Gasteiger partial charge in [0.1, 0.15) is 5.82 Å². The van der Waals surface area contributed by atoms with E-state index in [0.717, 1.165) is 37.3 Å². The van der Waals surface area contributed by atoms with Gasteiger partial charge in [0.05, 0.1) is 12.3 Å². The molecule has 0 radical (unpaired) electrons. The molecule has 23 heavy (non-hydrogen) atoms. The average Bonchev–Trinajstić information content (AvgIpc) is 3.02. The second-order valence-corrected chi connectivity index (χ2v) is 6.02. The molecule has 0 amide bonds. The van der Waals surface area contributed by atoms with Gasteiger partial charge in [0, 0.05) is 51.2 Å². The van der Waals surface area contributed by atoms with Crippen LogP contribution in [0.1, 0.15) is 25.3 Å². The van der Waals surface area contributed by atoms with Crippen LogP contribution in [-0.4, -0.2) is 51.1 Å². The van der Waals surface area contributed by atoms with Gasteiger partial charge in [-0.2, -0.15) is 10.1 Å². The van der Waals surface area contributed by atoms with E-state index in [2.05, 4.69) is 26.9 Å². The molecule has 1 aliphatic heterocycles. The van der Waals surface area contributed by atoms with Crippen LogP contribution in [0, 0.1) is 0 Å². The van der Waals surface area contributed by atoms with Crippen molar-refractivity contribution in [1.82, 2.24) is 19.7 Å². The van der Waals surface area contributed by atoms with Crippen LogP contribution in [0.4, 0.5) is 11.8 Å². The molecular weight excluding hydrogens is 292 g/mol. The molecule has 0 bridgehead atoms. The second-order valence-electron chi connectivity index (χ2n) is 6.02. The molecule has 1 N–H and O–H groups in total. The van der Waals surface area contributed by atoms with Crippen LogP contribution in [0.5, 0.6) is 0 Å². The predicted molar refractivity (Wildman–Crippen MR) is 89.5 cm³/mol. The first-order valence-electron chi connectivity index (χ1n) is 8.14. The van der Waals surface area contributed by atoms with Crippen molar-refractivity contribution in [1.29, 1.82) is 0 Å². The van der Waals surface area contributed by atoms with Gasteiger partial charge in [-0.3, -0.25) is 4.68 Å². The Labute approximate surface area is 136 Å². The van der Waals surface area contributed by atoms with Gasteiger partial charge < -0.3 is 14.9 Å². The van der Waals surface area contributed by atoms with Crippen LogP contribution in [0.2, 0.25) is 0 Å². The van der Waals surface area contributed by atoms with Crippen molar-refractivity contribution >= 4 is 11.8 Å². The first kappa shape index (κ1) is 15.7. The summed E-state index contributed by atoms with van der Waals surface area (Å²) in [6, 6.07) is 1.91. The summed E-state index contributed by atoms with van der Waals surface area (Å²) in [5.41, 5.74) is 1.14. The minimum atomic E-state index is -0.264. The summed E-state index contributed by atoms with van der Waals surface area (Å²) >= 11 is 0. The van der Waals surface area contributed by atoms with E-state index in [0.29, 0.717) is 19.0 Å². The molecule has 3 rings (SSSR count). The zero-order valence-corrected chi connectivity index (χ0v) is 13.8. The summed E-state index contributed by atoms with van der Waals surface area (Å²) in [5.74, 6) is 1.57. The Hall–Kier alpha value is -2.15. The standard InChI is InChI=1S/C16H24N6O/c1-3-22-11-13(9-18-22)10-20(2)16-17-7-6-15(19-16)21-8-4-5-14(23)12-21/h6-7,9,11,14,23H,3-5,8,10,12H2,1-2H3. The fraction of sp³-hybridized carbons (Fsp3) is 0.562. The molecule has 2 aromatic heterocycles. The largest absolute Gasteiger partial charge is 0.391 e. The Bertz CT molecular complexity index is 643. The van der Waals surface area contributed by atoms with E-state index < -0.39 is 0 Å². The fourth-order valence-corrected chi connectivity index (χ4v) is 2.87. The molecule has 1 unspecified atom stereocenters. The van der Waals surface area contributed by atoms with Gasteiger partial charge in [0.2, 0.25) is 5.95 Å². The van der Waals surface area contributed by atoms with E-state index in [1.54, 1.807) is 6.20 Å². The van der Waals surface area contributed by atoms with Crippen molar-refractivity contribution in [3.05, 3.63) is 30.2 Å². The molecule has 0 aliphatic carbocycles. The van der Waals surface area contributed by atoms with Crippen molar-refractivity contribution in [2.24, 2.45) is 0 Å². The molecule has 0 aromatic carbocycles. The van der Waals surface area contributed by atoms with E-state index >= 15 is 0 Å². The zero-order valence-electron chi connectivity index (χ0n) is 13.8. The van der Waals surface area contributed by atoms with Crippen LogP contribution in [0.25, 0.3) is 0 Å². The van der Waals surface area contributed by atoms with Gasteiger partial charge in [0.25, 0.3) is 0 Å². The van der Waals surface area contributed by atoms with Gasteiger partial charge in [-0.15, -0.1) is 0 Å². The Kier molecular flexibility index (Phi) is 4.76. The van der Waals surface area contributed by atoms with E-state index in [1.165, 1.54) is 0 Å². The fourth-order valence-electron chi connectivity index (χ4n) is 2.87. The maximum absolute atomic E-state index is 9.84. The second kappa shape index (κ2) is 6.95. The number of aryl methyl sites for hydroxylation is 1. The number of hydrogen-bond acceptors (Lipinski definition) is 6. The molecule has 1 fully saturated rings. The van der Waals surface area contributed by atoms with Crippen molar-refractivity contribution < 1.29 is 5.11 Å². The number of rotatable bonds is 5. The highest BCUT2D eigenvalue weighted by molar-refractivity contribution is 5.44. The molecular formula is C16H24N6O. The number of anilines is 2. The monoisotopic (exact) mass is 316 g/mol. The lowest BCUT2D eigenvalue weighted by Gasteiger charge is -2.31. The highest BCUT2D eigenvalue weighted by Gasteiger charge is 2.19. The van der Waals surface area contributed by atoms with Crippen LogP contribution in [0.3, 0.4) is 0 Å². The quantitative estimate of drug-likeness (QED) is 0.896. The van der Waals surface area contributed by atoms with Crippen molar-refractivity contribution in [2.75, 3.05) is 29.9 Å². The van der Waals surface area contributed by atoms with Gasteiger partial charge in [-0.1, -0.05) is 0 Å². The summed E-state index contributed by atoms with van der Waals surface area (Å²) in [6.45, 7) is 5.23. The van der Waals surface area contributed by atoms with E-state index in [9.17, 15) is 5.11 Å². The SMILES string of the molecule is CCn1cc(CN(C)c2nccc(N3CCCC(O)C3)n2)cn1. The van der Waals surface area contributed by atoms with Crippen LogP contribution < -0.4 is 9.80 Å². The van der Waals surface area contributed by atoms with Crippen LogP contribution in [0.15, 0.2) is 24.7 Å². The minimum Gasteiger partial charge on any atom is -0.391 e. The van der Waals surface area contributed by atoms with Crippen LogP contribution >= 0.6 is 0 Å². The van der Waals surface area contributed by atoms with Gasteiger partial charge >= 0.3 is 0 Å². The molecule has 7 nitrogen and oxygen atoms in total. The van der Waals surface area contributed by atoms with Gasteiger partial charge in [0.15, 0.2) is 0 Å². The maximum atomic E-state index is 9.84. The zero-order chi connectivity index (χ0) is 16.2. The topological polar surface area (TPSA) is 70.3 Å². The lowest BCUT2D eigenvalue weighted by Crippen LogP contribution is -2.38. The molecule has 1 atom stereocenters. The van der Waals surface area contributed by atoms with E-state index in [1.807, 2.05) is 35.1 Å². The number of nitrogens with zero attached hydrogens (tertiary/aromatic N) is 6. The first-order valence-corrected chi connectivity index (χ1v) is 8.14. The highest BCUT2D eigenvalue weighted by atomic mass is 16.3. The summed E-state index contributed by atoms with van der Waals surface area (Å²) in [4.78, 5) is 13.2. The third-order valence-electron chi connectivity index (χ3n) is 4.12. The summed E-state index contributed by atoms with van der Waals surface area (Å²) < 4.78 is 1.91. The third-order valence-corrected chi connectivity index (χ3v) is 4.12. The molecule has 3 heterocycles. The summed E-state index contributed by atoms with van der Waals surface area (Å²) in [7, 11) is 1.98. The molecule has 2 aromatic rings. The number of piperidine rings is 1. The Morgan fingerprint density at radius 3 is 3.04 bits per heavy atom. The normalized spacial score (nSPS) is 18.2. The third kappa shape index (κ3) is 3.79. The van der Waals surface area contributed by atoms with Crippen molar-refractivity contribution in [2.45, 2.75) is 39.0 Å². The van der Waals surface area contributed by atoms with E-state index in [4.69, 9.17) is 0 Å².